The minimum atomic E-state index is -4.69. The van der Waals surface area contributed by atoms with E-state index in [4.69, 9.17) is 20.8 Å². The van der Waals surface area contributed by atoms with Gasteiger partial charge in [0.1, 0.15) is 5.75 Å². The predicted molar refractivity (Wildman–Crippen MR) is 118 cm³/mol. The number of methoxy groups -OCH3 is 1. The van der Waals surface area contributed by atoms with Crippen LogP contribution in [0.1, 0.15) is 15.9 Å². The highest BCUT2D eigenvalue weighted by atomic mass is 35.5. The second-order valence-electron chi connectivity index (χ2n) is 6.95. The lowest BCUT2D eigenvalue weighted by Crippen LogP contribution is -2.17. The fourth-order valence-electron chi connectivity index (χ4n) is 3.23. The number of halogens is 4. The van der Waals surface area contributed by atoms with Gasteiger partial charge in [0.25, 0.3) is 5.91 Å². The van der Waals surface area contributed by atoms with Crippen molar-refractivity contribution in [2.24, 2.45) is 0 Å². The second kappa shape index (κ2) is 8.99. The molecule has 1 heterocycles. The molecule has 0 aliphatic heterocycles. The van der Waals surface area contributed by atoms with Crippen molar-refractivity contribution in [1.82, 2.24) is 4.98 Å². The number of anilines is 1. The lowest BCUT2D eigenvalue weighted by atomic mass is 10.1. The van der Waals surface area contributed by atoms with E-state index in [-0.39, 0.29) is 16.5 Å². The van der Waals surface area contributed by atoms with Gasteiger partial charge in [0.05, 0.1) is 30.1 Å². The Morgan fingerprint density at radius 2 is 1.85 bits per heavy atom. The maximum atomic E-state index is 13.4. The molecular formula is C24H16ClF3N2O3. The Balaban J connectivity index is 1.67. The average molecular weight is 473 g/mol. The van der Waals surface area contributed by atoms with Gasteiger partial charge in [-0.1, -0.05) is 35.9 Å². The van der Waals surface area contributed by atoms with Gasteiger partial charge in [0.15, 0.2) is 5.76 Å². The second-order valence-corrected chi connectivity index (χ2v) is 7.39. The number of aromatic nitrogens is 1. The number of alkyl halides is 3. The molecule has 1 N–H and O–H groups in total. The molecule has 0 radical (unpaired) electrons. The normalized spacial score (nSPS) is 11.3. The summed E-state index contributed by atoms with van der Waals surface area (Å²) in [6.45, 7) is 0. The number of nitrogens with one attached hydrogen (secondary N) is 1. The Kier molecular flexibility index (Phi) is 6.11. The molecule has 3 aromatic carbocycles. The SMILES string of the molecule is COc1cccc(-c2cnc(-c3ccccc3C(=O)Nc3ccc(Cl)cc3C(F)(F)F)o2)c1. The third-order valence-electron chi connectivity index (χ3n) is 4.80. The number of nitrogens with zero attached hydrogens (tertiary/aromatic N) is 1. The van der Waals surface area contributed by atoms with Gasteiger partial charge in [-0.3, -0.25) is 4.79 Å². The maximum Gasteiger partial charge on any atom is 0.418 e. The summed E-state index contributed by atoms with van der Waals surface area (Å²) < 4.78 is 51.3. The third kappa shape index (κ3) is 4.85. The summed E-state index contributed by atoms with van der Waals surface area (Å²) in [6.07, 6.45) is -3.19. The smallest absolute Gasteiger partial charge is 0.418 e. The van der Waals surface area contributed by atoms with Crippen LogP contribution in [0.25, 0.3) is 22.8 Å². The Morgan fingerprint density at radius 1 is 1.06 bits per heavy atom. The van der Waals surface area contributed by atoms with Crippen LogP contribution in [-0.4, -0.2) is 18.0 Å². The van der Waals surface area contributed by atoms with Crippen LogP contribution < -0.4 is 10.1 Å². The summed E-state index contributed by atoms with van der Waals surface area (Å²) in [6, 6.07) is 16.6. The molecule has 0 aliphatic rings. The predicted octanol–water partition coefficient (Wildman–Crippen LogP) is 6.94. The molecule has 168 valence electrons. The number of ether oxygens (including phenoxy) is 1. The van der Waals surface area contributed by atoms with Gasteiger partial charge in [-0.05, 0) is 42.5 Å². The van der Waals surface area contributed by atoms with Crippen molar-refractivity contribution in [3.8, 4) is 28.5 Å². The van der Waals surface area contributed by atoms with Crippen molar-refractivity contribution in [3.63, 3.8) is 0 Å². The Morgan fingerprint density at radius 3 is 2.61 bits per heavy atom. The zero-order valence-electron chi connectivity index (χ0n) is 17.1. The third-order valence-corrected chi connectivity index (χ3v) is 5.03. The fraction of sp³-hybridized carbons (Fsp3) is 0.0833. The molecule has 0 fully saturated rings. The number of benzene rings is 3. The molecule has 1 aromatic heterocycles. The topological polar surface area (TPSA) is 64.4 Å². The highest BCUT2D eigenvalue weighted by Gasteiger charge is 2.34. The minimum absolute atomic E-state index is 0.0921. The number of carbonyl (C=O) groups is 1. The summed E-state index contributed by atoms with van der Waals surface area (Å²) >= 11 is 5.71. The van der Waals surface area contributed by atoms with E-state index in [1.165, 1.54) is 18.3 Å². The van der Waals surface area contributed by atoms with Crippen molar-refractivity contribution in [1.29, 1.82) is 0 Å². The monoisotopic (exact) mass is 472 g/mol. The largest absolute Gasteiger partial charge is 0.497 e. The number of carbonyl (C=O) groups excluding carboxylic acids is 1. The first-order valence-corrected chi connectivity index (χ1v) is 10.0. The van der Waals surface area contributed by atoms with Crippen LogP contribution >= 0.6 is 11.6 Å². The van der Waals surface area contributed by atoms with E-state index in [2.05, 4.69) is 10.3 Å². The van der Waals surface area contributed by atoms with Crippen molar-refractivity contribution in [3.05, 3.63) is 89.1 Å². The van der Waals surface area contributed by atoms with Gasteiger partial charge >= 0.3 is 6.18 Å². The van der Waals surface area contributed by atoms with E-state index < -0.39 is 23.3 Å². The summed E-state index contributed by atoms with van der Waals surface area (Å²) in [4.78, 5) is 17.2. The molecule has 0 atom stereocenters. The molecule has 4 aromatic rings. The van der Waals surface area contributed by atoms with Crippen molar-refractivity contribution in [2.45, 2.75) is 6.18 Å². The molecule has 0 unspecified atom stereocenters. The standard InChI is InChI=1S/C24H16ClF3N2O3/c1-32-16-6-4-5-14(11-16)21-13-29-23(33-21)18-8-3-2-7-17(18)22(31)30-20-10-9-15(25)12-19(20)24(26,27)28/h2-13H,1H3,(H,30,31). The van der Waals surface area contributed by atoms with E-state index in [0.717, 1.165) is 12.1 Å². The molecule has 0 saturated heterocycles. The summed E-state index contributed by atoms with van der Waals surface area (Å²) in [5.74, 6) is 0.468. The number of oxazole rings is 1. The zero-order chi connectivity index (χ0) is 23.6. The number of hydrogen-bond donors (Lipinski definition) is 1. The van der Waals surface area contributed by atoms with Crippen molar-refractivity contribution >= 4 is 23.2 Å². The lowest BCUT2D eigenvalue weighted by molar-refractivity contribution is -0.136. The first-order valence-electron chi connectivity index (χ1n) is 9.64. The van der Waals surface area contributed by atoms with E-state index in [9.17, 15) is 18.0 Å². The molecule has 33 heavy (non-hydrogen) atoms. The van der Waals surface area contributed by atoms with Crippen LogP contribution in [0, 0.1) is 0 Å². The van der Waals surface area contributed by atoms with Gasteiger partial charge in [0.2, 0.25) is 5.89 Å². The first kappa shape index (κ1) is 22.4. The molecule has 0 saturated carbocycles. The molecule has 0 spiro atoms. The van der Waals surface area contributed by atoms with Crippen LogP contribution in [0.3, 0.4) is 0 Å². The minimum Gasteiger partial charge on any atom is -0.497 e. The number of amides is 1. The molecule has 4 rings (SSSR count). The van der Waals surface area contributed by atoms with Crippen molar-refractivity contribution in [2.75, 3.05) is 12.4 Å². The van der Waals surface area contributed by atoms with Gasteiger partial charge in [-0.2, -0.15) is 13.2 Å². The van der Waals surface area contributed by atoms with E-state index in [0.29, 0.717) is 22.6 Å². The Labute approximate surface area is 191 Å². The lowest BCUT2D eigenvalue weighted by Gasteiger charge is -2.15. The Bertz CT molecular complexity index is 1320. The molecule has 0 bridgehead atoms. The van der Waals surface area contributed by atoms with Crippen LogP contribution in [-0.2, 0) is 6.18 Å². The molecular weight excluding hydrogens is 457 g/mol. The van der Waals surface area contributed by atoms with Crippen LogP contribution in [0.4, 0.5) is 18.9 Å². The molecule has 0 aliphatic carbocycles. The van der Waals surface area contributed by atoms with Gasteiger partial charge in [-0.15, -0.1) is 0 Å². The number of hydrogen-bond acceptors (Lipinski definition) is 4. The average Bonchev–Trinajstić information content (AvgIpc) is 3.30. The quantitative estimate of drug-likeness (QED) is 0.341. The molecule has 5 nitrogen and oxygen atoms in total. The Hall–Kier alpha value is -3.78. The highest BCUT2D eigenvalue weighted by molar-refractivity contribution is 6.30. The molecule has 1 amide bonds. The van der Waals surface area contributed by atoms with Crippen molar-refractivity contribution < 1.29 is 27.1 Å². The molecule has 9 heteroatoms. The van der Waals surface area contributed by atoms with Crippen LogP contribution in [0.15, 0.2) is 77.3 Å². The van der Waals surface area contributed by atoms with Crippen LogP contribution in [0.5, 0.6) is 5.75 Å². The number of rotatable bonds is 5. The van der Waals surface area contributed by atoms with Gasteiger partial charge < -0.3 is 14.5 Å². The van der Waals surface area contributed by atoms with Gasteiger partial charge in [-0.25, -0.2) is 4.98 Å². The van der Waals surface area contributed by atoms with Crippen LogP contribution in [0.2, 0.25) is 5.02 Å². The maximum absolute atomic E-state index is 13.4. The van der Waals surface area contributed by atoms with E-state index in [1.807, 2.05) is 6.07 Å². The van der Waals surface area contributed by atoms with E-state index >= 15 is 0 Å². The van der Waals surface area contributed by atoms with Gasteiger partial charge in [0, 0.05) is 16.1 Å². The summed E-state index contributed by atoms with van der Waals surface area (Å²) in [5, 5.41) is 2.23. The summed E-state index contributed by atoms with van der Waals surface area (Å²) in [5.41, 5.74) is -0.314. The zero-order valence-corrected chi connectivity index (χ0v) is 17.9. The van der Waals surface area contributed by atoms with E-state index in [1.54, 1.807) is 43.5 Å². The highest BCUT2D eigenvalue weighted by Crippen LogP contribution is 2.37. The first-order chi connectivity index (χ1) is 15.8. The summed E-state index contributed by atoms with van der Waals surface area (Å²) in [7, 11) is 1.55. The fourth-order valence-corrected chi connectivity index (χ4v) is 3.40.